The van der Waals surface area contributed by atoms with Crippen LogP contribution in [0.25, 0.3) is 0 Å². The summed E-state index contributed by atoms with van der Waals surface area (Å²) >= 11 is 1.34. The van der Waals surface area contributed by atoms with Gasteiger partial charge in [-0.3, -0.25) is 0 Å². The smallest absolute Gasteiger partial charge is 0.335 e. The van der Waals surface area contributed by atoms with Crippen LogP contribution >= 0.6 is 11.8 Å². The zero-order valence-corrected chi connectivity index (χ0v) is 8.47. The lowest BCUT2D eigenvalue weighted by atomic mass is 10.1. The molecule has 0 saturated carbocycles. The Morgan fingerprint density at radius 1 is 1.64 bits per heavy atom. The maximum atomic E-state index is 10.8. The topological polar surface area (TPSA) is 61.1 Å². The van der Waals surface area contributed by atoms with Gasteiger partial charge in [0.1, 0.15) is 0 Å². The Labute approximate surface area is 86.4 Å². The highest BCUT2D eigenvalue weighted by Gasteiger charge is 2.07. The van der Waals surface area contributed by atoms with Crippen LogP contribution in [0.15, 0.2) is 23.1 Å². The first-order valence-electron chi connectivity index (χ1n) is 3.99. The van der Waals surface area contributed by atoms with Crippen molar-refractivity contribution >= 4 is 17.7 Å². The highest BCUT2D eigenvalue weighted by atomic mass is 32.2. The van der Waals surface area contributed by atoms with E-state index in [0.29, 0.717) is 11.3 Å². The minimum absolute atomic E-state index is 0.299. The number of carboxylic acid groups (broad SMARTS) is 1. The fraction of sp³-hybridized carbons (Fsp3) is 0.200. The van der Waals surface area contributed by atoms with E-state index in [1.54, 1.807) is 19.1 Å². The van der Waals surface area contributed by atoms with Crippen molar-refractivity contribution in [2.24, 2.45) is 0 Å². The van der Waals surface area contributed by atoms with E-state index in [2.05, 4.69) is 0 Å². The van der Waals surface area contributed by atoms with Crippen molar-refractivity contribution in [1.82, 2.24) is 0 Å². The largest absolute Gasteiger partial charge is 0.478 e. The van der Waals surface area contributed by atoms with Gasteiger partial charge in [-0.25, -0.2) is 4.79 Å². The van der Waals surface area contributed by atoms with Gasteiger partial charge in [-0.15, -0.1) is 11.8 Å². The molecule has 72 valence electrons. The second kappa shape index (κ2) is 4.68. The Morgan fingerprint density at radius 3 is 2.93 bits per heavy atom. The second-order valence-corrected chi connectivity index (χ2v) is 3.78. The van der Waals surface area contributed by atoms with Crippen LogP contribution in [0.5, 0.6) is 0 Å². The van der Waals surface area contributed by atoms with E-state index >= 15 is 0 Å². The zero-order chi connectivity index (χ0) is 10.6. The summed E-state index contributed by atoms with van der Waals surface area (Å²) in [4.78, 5) is 11.6. The van der Waals surface area contributed by atoms with Gasteiger partial charge < -0.3 is 5.11 Å². The monoisotopic (exact) mass is 207 g/mol. The number of benzene rings is 1. The van der Waals surface area contributed by atoms with Gasteiger partial charge in [0.25, 0.3) is 0 Å². The minimum Gasteiger partial charge on any atom is -0.478 e. The van der Waals surface area contributed by atoms with Gasteiger partial charge in [-0.05, 0) is 24.6 Å². The molecule has 14 heavy (non-hydrogen) atoms. The van der Waals surface area contributed by atoms with Crippen molar-refractivity contribution in [3.63, 3.8) is 0 Å². The van der Waals surface area contributed by atoms with Gasteiger partial charge in [-0.1, -0.05) is 6.07 Å². The number of nitrogens with zero attached hydrogens (tertiary/aromatic N) is 1. The zero-order valence-electron chi connectivity index (χ0n) is 7.65. The van der Waals surface area contributed by atoms with E-state index in [9.17, 15) is 4.79 Å². The Bertz CT molecular complexity index is 396. The van der Waals surface area contributed by atoms with E-state index in [4.69, 9.17) is 10.4 Å². The predicted octanol–water partition coefficient (Wildman–Crippen LogP) is 2.31. The maximum Gasteiger partial charge on any atom is 0.335 e. The summed E-state index contributed by atoms with van der Waals surface area (Å²) in [6, 6.07) is 7.17. The lowest BCUT2D eigenvalue weighted by Crippen LogP contribution is -1.99. The lowest BCUT2D eigenvalue weighted by molar-refractivity contribution is 0.0696. The van der Waals surface area contributed by atoms with Gasteiger partial charge in [0, 0.05) is 4.90 Å². The molecule has 0 amide bonds. The number of nitriles is 1. The van der Waals surface area contributed by atoms with E-state index in [1.807, 2.05) is 12.1 Å². The van der Waals surface area contributed by atoms with Crippen LogP contribution in [0.1, 0.15) is 15.9 Å². The maximum absolute atomic E-state index is 10.8. The fourth-order valence-corrected chi connectivity index (χ4v) is 1.63. The molecule has 1 rings (SSSR count). The first kappa shape index (κ1) is 10.6. The number of carbonyl (C=O) groups is 1. The van der Waals surface area contributed by atoms with E-state index < -0.39 is 5.97 Å². The highest BCUT2D eigenvalue weighted by Crippen LogP contribution is 2.20. The van der Waals surface area contributed by atoms with E-state index in [0.717, 1.165) is 10.5 Å². The van der Waals surface area contributed by atoms with Gasteiger partial charge in [0.05, 0.1) is 17.4 Å². The summed E-state index contributed by atoms with van der Waals surface area (Å²) in [6.07, 6.45) is 0. The molecule has 0 aromatic heterocycles. The van der Waals surface area contributed by atoms with Gasteiger partial charge >= 0.3 is 5.97 Å². The van der Waals surface area contributed by atoms with Crippen molar-refractivity contribution in [3.8, 4) is 6.07 Å². The van der Waals surface area contributed by atoms with Crippen molar-refractivity contribution in [1.29, 1.82) is 5.26 Å². The van der Waals surface area contributed by atoms with Crippen molar-refractivity contribution in [2.75, 3.05) is 5.75 Å². The van der Waals surface area contributed by atoms with Crippen LogP contribution in [-0.4, -0.2) is 16.8 Å². The third-order valence-corrected chi connectivity index (χ3v) is 2.60. The van der Waals surface area contributed by atoms with Crippen molar-refractivity contribution in [2.45, 2.75) is 11.8 Å². The standard InChI is InChI=1S/C10H9NO2S/c1-7-2-3-8(14-5-4-11)6-9(7)10(12)13/h2-3,6H,5H2,1H3,(H,12,13). The molecule has 3 nitrogen and oxygen atoms in total. The summed E-state index contributed by atoms with van der Waals surface area (Å²) in [6.45, 7) is 1.75. The summed E-state index contributed by atoms with van der Waals surface area (Å²) in [5.74, 6) is -0.593. The molecule has 0 aliphatic rings. The average molecular weight is 207 g/mol. The molecule has 0 spiro atoms. The predicted molar refractivity (Wildman–Crippen MR) is 54.5 cm³/mol. The Balaban J connectivity index is 2.96. The van der Waals surface area contributed by atoms with Crippen LogP contribution in [0.3, 0.4) is 0 Å². The van der Waals surface area contributed by atoms with E-state index in [-0.39, 0.29) is 0 Å². The number of aromatic carboxylic acids is 1. The quantitative estimate of drug-likeness (QED) is 0.772. The van der Waals surface area contributed by atoms with Crippen LogP contribution in [0.4, 0.5) is 0 Å². The summed E-state index contributed by atoms with van der Waals surface area (Å²) in [5, 5.41) is 17.2. The van der Waals surface area contributed by atoms with Gasteiger partial charge in [0.2, 0.25) is 0 Å². The molecule has 0 aliphatic heterocycles. The Hall–Kier alpha value is -1.47. The molecule has 1 aromatic carbocycles. The van der Waals surface area contributed by atoms with Crippen LogP contribution < -0.4 is 0 Å². The Morgan fingerprint density at radius 2 is 2.36 bits per heavy atom. The molecule has 1 N–H and O–H groups in total. The molecule has 4 heteroatoms. The Kier molecular flexibility index (Phi) is 3.55. The highest BCUT2D eigenvalue weighted by molar-refractivity contribution is 7.99. The lowest BCUT2D eigenvalue weighted by Gasteiger charge is -2.02. The molecule has 0 bridgehead atoms. The number of rotatable bonds is 3. The number of aryl methyl sites for hydroxylation is 1. The first-order valence-corrected chi connectivity index (χ1v) is 4.97. The molecule has 0 unspecified atom stereocenters. The molecule has 0 fully saturated rings. The number of carboxylic acids is 1. The minimum atomic E-state index is -0.929. The molecule has 0 heterocycles. The van der Waals surface area contributed by atoms with Crippen LogP contribution in [-0.2, 0) is 0 Å². The van der Waals surface area contributed by atoms with Crippen molar-refractivity contribution in [3.05, 3.63) is 29.3 Å². The normalized spacial score (nSPS) is 9.43. The SMILES string of the molecule is Cc1ccc(SCC#N)cc1C(=O)O. The summed E-state index contributed by atoms with van der Waals surface area (Å²) in [7, 11) is 0. The average Bonchev–Trinajstić information content (AvgIpc) is 2.16. The van der Waals surface area contributed by atoms with E-state index in [1.165, 1.54) is 11.8 Å². The van der Waals surface area contributed by atoms with Gasteiger partial charge in [0.15, 0.2) is 0 Å². The molecule has 0 radical (unpaired) electrons. The first-order chi connectivity index (χ1) is 6.65. The number of hydrogen-bond donors (Lipinski definition) is 1. The summed E-state index contributed by atoms with van der Waals surface area (Å²) < 4.78 is 0. The third kappa shape index (κ3) is 2.51. The third-order valence-electron chi connectivity index (χ3n) is 1.74. The molecule has 0 atom stereocenters. The molecular formula is C10H9NO2S. The van der Waals surface area contributed by atoms with Crippen LogP contribution in [0, 0.1) is 18.3 Å². The molecule has 0 saturated heterocycles. The molecule has 0 aliphatic carbocycles. The summed E-state index contributed by atoms with van der Waals surface area (Å²) in [5.41, 5.74) is 1.03. The van der Waals surface area contributed by atoms with Crippen LogP contribution in [0.2, 0.25) is 0 Å². The van der Waals surface area contributed by atoms with Gasteiger partial charge in [-0.2, -0.15) is 5.26 Å². The fourth-order valence-electron chi connectivity index (χ4n) is 1.04. The molecular weight excluding hydrogens is 198 g/mol. The number of thioether (sulfide) groups is 1. The second-order valence-electron chi connectivity index (χ2n) is 2.73. The number of hydrogen-bond acceptors (Lipinski definition) is 3. The molecule has 1 aromatic rings. The van der Waals surface area contributed by atoms with Crippen molar-refractivity contribution < 1.29 is 9.90 Å².